The van der Waals surface area contributed by atoms with Crippen LogP contribution in [-0.4, -0.2) is 57.4 Å². The summed E-state index contributed by atoms with van der Waals surface area (Å²) in [7, 11) is 3.80. The Kier molecular flexibility index (Phi) is 6.07. The van der Waals surface area contributed by atoms with Gasteiger partial charge in [-0.05, 0) is 23.1 Å². The molecule has 0 unspecified atom stereocenters. The lowest BCUT2D eigenvalue weighted by Crippen LogP contribution is -3.11. The van der Waals surface area contributed by atoms with Crippen LogP contribution in [0.5, 0.6) is 5.75 Å². The lowest BCUT2D eigenvalue weighted by molar-refractivity contribution is -0.883. The summed E-state index contributed by atoms with van der Waals surface area (Å²) in [6.07, 6.45) is 2.85. The number of carbonyl (C=O) groups is 1. The summed E-state index contributed by atoms with van der Waals surface area (Å²) in [5.41, 5.74) is 1.63. The maximum absolute atomic E-state index is 13.2. The number of hydrogen-bond donors (Lipinski definition) is 1. The normalized spacial score (nSPS) is 23.8. The van der Waals surface area contributed by atoms with Gasteiger partial charge < -0.3 is 19.3 Å². The third-order valence-electron chi connectivity index (χ3n) is 6.47. The smallest absolute Gasteiger partial charge is 0.235 e. The van der Waals surface area contributed by atoms with E-state index in [1.165, 1.54) is 4.90 Å². The molecule has 2 aliphatic heterocycles. The summed E-state index contributed by atoms with van der Waals surface area (Å²) in [5.74, 6) is 1.21. The maximum Gasteiger partial charge on any atom is 0.235 e. The molecule has 0 aromatic heterocycles. The van der Waals surface area contributed by atoms with Crippen molar-refractivity contribution in [3.05, 3.63) is 52.6 Å². The van der Waals surface area contributed by atoms with E-state index in [1.807, 2.05) is 24.3 Å². The number of nitrogens with zero attached hydrogens (tertiary/aromatic N) is 3. The van der Waals surface area contributed by atoms with Crippen molar-refractivity contribution < 1.29 is 19.2 Å². The van der Waals surface area contributed by atoms with Crippen LogP contribution in [0.1, 0.15) is 38.2 Å². The molecule has 0 radical (unpaired) electrons. The van der Waals surface area contributed by atoms with Crippen LogP contribution >= 0.6 is 0 Å². The Hall–Kier alpha value is -3.11. The Bertz CT molecular complexity index is 1020. The fourth-order valence-electron chi connectivity index (χ4n) is 4.62. The molecule has 7 nitrogen and oxygen atoms in total. The standard InChI is InChI=1S/C25H30N4O3/c1-25(2)13-20(30)23-21(14-25)32-24(27-16-29-11-9-28(3)10-12-29)19(15-26)22(23)17-5-7-18(31-4)8-6-17/h5-8,16,22H,9-14H2,1-4H3/p+1/t22-/m1/s1. The number of nitriles is 1. The largest absolute Gasteiger partial charge is 0.497 e. The van der Waals surface area contributed by atoms with Crippen LogP contribution in [0.3, 0.4) is 0 Å². The molecule has 1 N–H and O–H groups in total. The number of quaternary nitrogens is 1. The van der Waals surface area contributed by atoms with Gasteiger partial charge in [0.05, 0.1) is 52.6 Å². The first-order chi connectivity index (χ1) is 15.3. The number of Topliss-reactive ketones (excluding diaryl/α,β-unsaturated/α-hetero) is 1. The number of rotatable bonds is 4. The fraction of sp³-hybridized carbons (Fsp3) is 0.480. The van der Waals surface area contributed by atoms with E-state index in [4.69, 9.17) is 9.47 Å². The highest BCUT2D eigenvalue weighted by atomic mass is 16.5. The molecule has 1 aromatic carbocycles. The molecule has 2 heterocycles. The zero-order valence-corrected chi connectivity index (χ0v) is 19.3. The molecular formula is C25H31N4O3+. The van der Waals surface area contributed by atoms with E-state index in [0.29, 0.717) is 35.6 Å². The average molecular weight is 436 g/mol. The van der Waals surface area contributed by atoms with Crippen LogP contribution in [0.2, 0.25) is 0 Å². The Morgan fingerprint density at radius 1 is 1.25 bits per heavy atom. The first-order valence-corrected chi connectivity index (χ1v) is 11.1. The first kappa shape index (κ1) is 22.1. The summed E-state index contributed by atoms with van der Waals surface area (Å²) < 4.78 is 11.5. The molecule has 0 saturated carbocycles. The predicted molar refractivity (Wildman–Crippen MR) is 121 cm³/mol. The third kappa shape index (κ3) is 4.42. The van der Waals surface area contributed by atoms with Gasteiger partial charge in [0.25, 0.3) is 0 Å². The molecular weight excluding hydrogens is 404 g/mol. The second kappa shape index (κ2) is 8.79. The number of allylic oxidation sites excluding steroid dienone is 3. The number of ketones is 1. The Balaban J connectivity index is 1.75. The van der Waals surface area contributed by atoms with Crippen LogP contribution in [0.15, 0.2) is 52.0 Å². The maximum atomic E-state index is 13.2. The minimum Gasteiger partial charge on any atom is -0.497 e. The average Bonchev–Trinajstić information content (AvgIpc) is 2.77. The topological polar surface area (TPSA) is 79.4 Å². The van der Waals surface area contributed by atoms with E-state index in [-0.39, 0.29) is 11.2 Å². The number of nitrogens with one attached hydrogen (secondary N) is 1. The van der Waals surface area contributed by atoms with Crippen molar-refractivity contribution >= 4 is 12.1 Å². The van der Waals surface area contributed by atoms with Crippen LogP contribution in [0, 0.1) is 16.7 Å². The Morgan fingerprint density at radius 2 is 1.94 bits per heavy atom. The number of likely N-dealkylation sites (N-methyl/N-ethyl adjacent to an activating group) is 1. The minimum absolute atomic E-state index is 0.0369. The number of benzene rings is 1. The third-order valence-corrected chi connectivity index (χ3v) is 6.47. The van der Waals surface area contributed by atoms with Crippen molar-refractivity contribution in [1.82, 2.24) is 4.90 Å². The van der Waals surface area contributed by atoms with Gasteiger partial charge >= 0.3 is 0 Å². The number of ether oxygens (including phenoxy) is 2. The van der Waals surface area contributed by atoms with Crippen LogP contribution in [-0.2, 0) is 9.53 Å². The number of aliphatic imine (C=N–C) groups is 1. The van der Waals surface area contributed by atoms with Crippen molar-refractivity contribution in [2.45, 2.75) is 32.6 Å². The second-order valence-corrected chi connectivity index (χ2v) is 9.65. The molecule has 1 atom stereocenters. The monoisotopic (exact) mass is 435 g/mol. The Labute approximate surface area is 189 Å². The highest BCUT2D eigenvalue weighted by Gasteiger charge is 2.43. The van der Waals surface area contributed by atoms with Crippen LogP contribution in [0.25, 0.3) is 0 Å². The zero-order valence-electron chi connectivity index (χ0n) is 19.3. The van der Waals surface area contributed by atoms with E-state index in [1.54, 1.807) is 13.4 Å². The van der Waals surface area contributed by atoms with Gasteiger partial charge in [-0.15, -0.1) is 0 Å². The second-order valence-electron chi connectivity index (χ2n) is 9.65. The molecule has 1 saturated heterocycles. The van der Waals surface area contributed by atoms with Gasteiger partial charge in [0.1, 0.15) is 23.2 Å². The van der Waals surface area contributed by atoms with E-state index >= 15 is 0 Å². The lowest BCUT2D eigenvalue weighted by Gasteiger charge is -2.37. The molecule has 0 spiro atoms. The van der Waals surface area contributed by atoms with Crippen molar-refractivity contribution in [3.63, 3.8) is 0 Å². The minimum atomic E-state index is -0.484. The highest BCUT2D eigenvalue weighted by Crippen LogP contribution is 2.48. The molecule has 0 bridgehead atoms. The van der Waals surface area contributed by atoms with Crippen molar-refractivity contribution in [2.75, 3.05) is 40.3 Å². The van der Waals surface area contributed by atoms with E-state index in [0.717, 1.165) is 37.5 Å². The van der Waals surface area contributed by atoms with Gasteiger partial charge in [0.2, 0.25) is 5.88 Å². The molecule has 0 amide bonds. The Morgan fingerprint density at radius 3 is 2.56 bits per heavy atom. The van der Waals surface area contributed by atoms with Crippen LogP contribution in [0.4, 0.5) is 0 Å². The predicted octanol–water partition coefficient (Wildman–Crippen LogP) is 2.05. The molecule has 168 valence electrons. The number of methoxy groups -OCH3 is 1. The van der Waals surface area contributed by atoms with Gasteiger partial charge in [-0.25, -0.2) is 4.99 Å². The molecule has 1 fully saturated rings. The van der Waals surface area contributed by atoms with Gasteiger partial charge in [-0.2, -0.15) is 5.26 Å². The van der Waals surface area contributed by atoms with Gasteiger partial charge in [0, 0.05) is 18.4 Å². The van der Waals surface area contributed by atoms with E-state index in [2.05, 4.69) is 36.9 Å². The summed E-state index contributed by atoms with van der Waals surface area (Å²) in [6.45, 7) is 8.05. The van der Waals surface area contributed by atoms with E-state index in [9.17, 15) is 10.1 Å². The van der Waals surface area contributed by atoms with Crippen LogP contribution < -0.4 is 9.64 Å². The van der Waals surface area contributed by atoms with Crippen molar-refractivity contribution in [1.29, 1.82) is 5.26 Å². The lowest BCUT2D eigenvalue weighted by atomic mass is 9.70. The number of hydrogen-bond acceptors (Lipinski definition) is 5. The molecule has 7 heteroatoms. The summed E-state index contributed by atoms with van der Waals surface area (Å²) in [6, 6.07) is 9.83. The quantitative estimate of drug-likeness (QED) is 0.578. The fourth-order valence-corrected chi connectivity index (χ4v) is 4.62. The molecule has 1 aliphatic carbocycles. The summed E-state index contributed by atoms with van der Waals surface area (Å²) in [4.78, 5) is 21.5. The molecule has 3 aliphatic rings. The molecule has 1 aromatic rings. The van der Waals surface area contributed by atoms with E-state index < -0.39 is 5.92 Å². The molecule has 32 heavy (non-hydrogen) atoms. The summed E-state index contributed by atoms with van der Waals surface area (Å²) in [5, 5.41) is 10.1. The highest BCUT2D eigenvalue weighted by molar-refractivity contribution is 6.00. The van der Waals surface area contributed by atoms with Gasteiger partial charge in [-0.1, -0.05) is 26.0 Å². The SMILES string of the molecule is COc1ccc([C@@H]2C(C#N)=C(N=CN3CC[NH+](C)CC3)OC3=C2C(=O)CC(C)(C)C3)cc1. The van der Waals surface area contributed by atoms with Crippen molar-refractivity contribution in [2.24, 2.45) is 10.4 Å². The van der Waals surface area contributed by atoms with Gasteiger partial charge in [-0.3, -0.25) is 4.79 Å². The zero-order chi connectivity index (χ0) is 22.9. The molecule has 4 rings (SSSR count). The van der Waals surface area contributed by atoms with Gasteiger partial charge in [0.15, 0.2) is 5.78 Å². The number of carbonyl (C=O) groups excluding carboxylic acids is 1. The first-order valence-electron chi connectivity index (χ1n) is 11.1. The summed E-state index contributed by atoms with van der Waals surface area (Å²) >= 11 is 0. The number of piperazine rings is 1. The van der Waals surface area contributed by atoms with Crippen molar-refractivity contribution in [3.8, 4) is 11.8 Å².